The number of hydrogen-bond donors (Lipinski definition) is 2. The fraction of sp³-hybridized carbons (Fsp3) is 0.167. The van der Waals surface area contributed by atoms with Gasteiger partial charge in [0, 0.05) is 6.20 Å². The van der Waals surface area contributed by atoms with E-state index >= 15 is 0 Å². The standard InChI is InChI=1S/C12H12N2O4/c1-17-11-9(3-2-6-13-11)14-7-8-4-5-10(18-8)12(15)16/h2-6,14H,7H2,1H3,(H,15,16). The molecule has 0 aliphatic carbocycles. The van der Waals surface area contributed by atoms with Crippen molar-refractivity contribution in [2.45, 2.75) is 6.54 Å². The Bertz CT molecular complexity index is 551. The van der Waals surface area contributed by atoms with Gasteiger partial charge in [0.1, 0.15) is 5.76 Å². The average Bonchev–Trinajstić information content (AvgIpc) is 2.85. The maximum absolute atomic E-state index is 10.6. The van der Waals surface area contributed by atoms with E-state index in [1.165, 1.54) is 13.2 Å². The zero-order valence-electron chi connectivity index (χ0n) is 9.71. The van der Waals surface area contributed by atoms with Crippen LogP contribution in [0.15, 0.2) is 34.9 Å². The van der Waals surface area contributed by atoms with Gasteiger partial charge in [-0.25, -0.2) is 9.78 Å². The van der Waals surface area contributed by atoms with Crippen LogP contribution in [-0.4, -0.2) is 23.2 Å². The Labute approximate surface area is 103 Å². The summed E-state index contributed by atoms with van der Waals surface area (Å²) in [6, 6.07) is 6.61. The van der Waals surface area contributed by atoms with Gasteiger partial charge < -0.3 is 19.6 Å². The Morgan fingerprint density at radius 3 is 3.00 bits per heavy atom. The van der Waals surface area contributed by atoms with Gasteiger partial charge >= 0.3 is 5.97 Å². The Balaban J connectivity index is 2.04. The van der Waals surface area contributed by atoms with Gasteiger partial charge in [-0.3, -0.25) is 0 Å². The van der Waals surface area contributed by atoms with Crippen molar-refractivity contribution in [2.75, 3.05) is 12.4 Å². The minimum absolute atomic E-state index is 0.0787. The smallest absolute Gasteiger partial charge is 0.371 e. The lowest BCUT2D eigenvalue weighted by atomic mass is 10.3. The largest absolute Gasteiger partial charge is 0.480 e. The number of nitrogens with zero attached hydrogens (tertiary/aromatic N) is 1. The third-order valence-electron chi connectivity index (χ3n) is 2.29. The molecular formula is C12H12N2O4. The topological polar surface area (TPSA) is 84.6 Å². The molecule has 0 saturated heterocycles. The zero-order valence-corrected chi connectivity index (χ0v) is 9.71. The first-order chi connectivity index (χ1) is 8.70. The molecule has 6 nitrogen and oxygen atoms in total. The summed E-state index contributed by atoms with van der Waals surface area (Å²) in [5, 5.41) is 11.8. The van der Waals surface area contributed by atoms with Gasteiger partial charge in [0.25, 0.3) is 0 Å². The van der Waals surface area contributed by atoms with Crippen molar-refractivity contribution in [3.63, 3.8) is 0 Å². The quantitative estimate of drug-likeness (QED) is 0.841. The number of methoxy groups -OCH3 is 1. The summed E-state index contributed by atoms with van der Waals surface area (Å²) >= 11 is 0. The molecule has 6 heteroatoms. The number of nitrogens with one attached hydrogen (secondary N) is 1. The first-order valence-corrected chi connectivity index (χ1v) is 5.25. The van der Waals surface area contributed by atoms with Gasteiger partial charge in [-0.1, -0.05) is 0 Å². The highest BCUT2D eigenvalue weighted by molar-refractivity contribution is 5.84. The summed E-state index contributed by atoms with van der Waals surface area (Å²) in [5.74, 6) is -0.161. The lowest BCUT2D eigenvalue weighted by Crippen LogP contribution is -2.01. The van der Waals surface area contributed by atoms with Crippen molar-refractivity contribution >= 4 is 11.7 Å². The molecule has 2 heterocycles. The molecule has 2 aromatic rings. The minimum atomic E-state index is -1.08. The molecule has 0 unspecified atom stereocenters. The number of aromatic nitrogens is 1. The highest BCUT2D eigenvalue weighted by Crippen LogP contribution is 2.20. The molecule has 2 aromatic heterocycles. The maximum Gasteiger partial charge on any atom is 0.371 e. The molecule has 0 saturated carbocycles. The van der Waals surface area contributed by atoms with Crippen molar-refractivity contribution in [1.29, 1.82) is 0 Å². The predicted octanol–water partition coefficient (Wildman–Crippen LogP) is 1.99. The van der Waals surface area contributed by atoms with Crippen LogP contribution in [0.1, 0.15) is 16.3 Å². The summed E-state index contributed by atoms with van der Waals surface area (Å²) in [7, 11) is 1.53. The Kier molecular flexibility index (Phi) is 3.47. The van der Waals surface area contributed by atoms with Crippen LogP contribution in [0.5, 0.6) is 5.88 Å². The third-order valence-corrected chi connectivity index (χ3v) is 2.29. The Morgan fingerprint density at radius 1 is 1.50 bits per heavy atom. The number of hydrogen-bond acceptors (Lipinski definition) is 5. The minimum Gasteiger partial charge on any atom is -0.480 e. The van der Waals surface area contributed by atoms with E-state index in [9.17, 15) is 4.79 Å². The monoisotopic (exact) mass is 248 g/mol. The van der Waals surface area contributed by atoms with Crippen molar-refractivity contribution < 1.29 is 19.1 Å². The number of aromatic carboxylic acids is 1. The van der Waals surface area contributed by atoms with E-state index in [1.54, 1.807) is 18.3 Å². The zero-order chi connectivity index (χ0) is 13.0. The molecule has 18 heavy (non-hydrogen) atoms. The summed E-state index contributed by atoms with van der Waals surface area (Å²) < 4.78 is 10.2. The van der Waals surface area contributed by atoms with E-state index < -0.39 is 5.97 Å². The second-order valence-electron chi connectivity index (χ2n) is 3.48. The molecule has 0 amide bonds. The number of anilines is 1. The highest BCUT2D eigenvalue weighted by Gasteiger charge is 2.09. The fourth-order valence-corrected chi connectivity index (χ4v) is 1.46. The third kappa shape index (κ3) is 2.60. The molecule has 0 radical (unpaired) electrons. The molecule has 94 valence electrons. The van der Waals surface area contributed by atoms with E-state index in [0.29, 0.717) is 23.9 Å². The normalized spacial score (nSPS) is 10.1. The van der Waals surface area contributed by atoms with Crippen LogP contribution in [0.2, 0.25) is 0 Å². The number of furan rings is 1. The van der Waals surface area contributed by atoms with Crippen LogP contribution in [0.4, 0.5) is 5.69 Å². The van der Waals surface area contributed by atoms with Crippen LogP contribution in [0, 0.1) is 0 Å². The molecule has 0 fully saturated rings. The number of rotatable bonds is 5. The summed E-state index contributed by atoms with van der Waals surface area (Å²) in [5.41, 5.74) is 0.716. The Morgan fingerprint density at radius 2 is 2.33 bits per heavy atom. The van der Waals surface area contributed by atoms with Crippen molar-refractivity contribution in [2.24, 2.45) is 0 Å². The van der Waals surface area contributed by atoms with Gasteiger partial charge in [0.15, 0.2) is 0 Å². The van der Waals surface area contributed by atoms with E-state index in [4.69, 9.17) is 14.3 Å². The van der Waals surface area contributed by atoms with E-state index in [2.05, 4.69) is 10.3 Å². The molecule has 0 spiro atoms. The summed E-state index contributed by atoms with van der Waals surface area (Å²) in [6.45, 7) is 0.356. The summed E-state index contributed by atoms with van der Waals surface area (Å²) in [4.78, 5) is 14.7. The van der Waals surface area contributed by atoms with E-state index in [0.717, 1.165) is 0 Å². The number of pyridine rings is 1. The molecule has 0 aliphatic heterocycles. The summed E-state index contributed by atoms with van der Waals surface area (Å²) in [6.07, 6.45) is 1.62. The first kappa shape index (κ1) is 12.0. The van der Waals surface area contributed by atoms with Gasteiger partial charge in [-0.2, -0.15) is 0 Å². The number of ether oxygens (including phenoxy) is 1. The second-order valence-corrected chi connectivity index (χ2v) is 3.48. The van der Waals surface area contributed by atoms with Gasteiger partial charge in [0.2, 0.25) is 11.6 Å². The lowest BCUT2D eigenvalue weighted by molar-refractivity contribution is 0.0660. The SMILES string of the molecule is COc1ncccc1NCc1ccc(C(=O)O)o1. The van der Waals surface area contributed by atoms with E-state index in [1.807, 2.05) is 6.07 Å². The molecule has 0 atom stereocenters. The van der Waals surface area contributed by atoms with Crippen LogP contribution in [-0.2, 0) is 6.54 Å². The Hall–Kier alpha value is -2.50. The van der Waals surface area contributed by atoms with Crippen LogP contribution >= 0.6 is 0 Å². The van der Waals surface area contributed by atoms with Crippen LogP contribution in [0.3, 0.4) is 0 Å². The molecule has 2 N–H and O–H groups in total. The van der Waals surface area contributed by atoms with Gasteiger partial charge in [-0.05, 0) is 24.3 Å². The maximum atomic E-state index is 10.6. The molecule has 0 bridgehead atoms. The number of carboxylic acid groups (broad SMARTS) is 1. The second kappa shape index (κ2) is 5.22. The predicted molar refractivity (Wildman–Crippen MR) is 63.8 cm³/mol. The highest BCUT2D eigenvalue weighted by atomic mass is 16.5. The van der Waals surface area contributed by atoms with Crippen molar-refractivity contribution in [3.8, 4) is 5.88 Å². The van der Waals surface area contributed by atoms with Crippen molar-refractivity contribution in [1.82, 2.24) is 4.98 Å². The van der Waals surface area contributed by atoms with Crippen molar-refractivity contribution in [3.05, 3.63) is 42.0 Å². The van der Waals surface area contributed by atoms with Crippen LogP contribution < -0.4 is 10.1 Å². The first-order valence-electron chi connectivity index (χ1n) is 5.25. The van der Waals surface area contributed by atoms with E-state index in [-0.39, 0.29) is 5.76 Å². The average molecular weight is 248 g/mol. The molecule has 0 aromatic carbocycles. The fourth-order valence-electron chi connectivity index (χ4n) is 1.46. The van der Waals surface area contributed by atoms with Crippen LogP contribution in [0.25, 0.3) is 0 Å². The molecule has 2 rings (SSSR count). The molecular weight excluding hydrogens is 236 g/mol. The molecule has 0 aliphatic rings. The number of carboxylic acids is 1. The van der Waals surface area contributed by atoms with Gasteiger partial charge in [0.05, 0.1) is 19.3 Å². The lowest BCUT2D eigenvalue weighted by Gasteiger charge is -2.08. The van der Waals surface area contributed by atoms with Gasteiger partial charge in [-0.15, -0.1) is 0 Å². The number of carbonyl (C=O) groups is 1.